The van der Waals surface area contributed by atoms with E-state index >= 15 is 0 Å². The fourth-order valence-corrected chi connectivity index (χ4v) is 4.88. The standard InChI is InChI=1S/C26H26F2N2O4S/c1-34-17-18-7-10-25(24(28)15-18)29-11-13-30(14-12-29)26(31)22-16-19(35(2,32)33)8-9-20(22)21-5-3-4-6-23(21)27/h3-10,15-16H,11-14,17H2,1-2H3. The minimum atomic E-state index is -3.58. The second-order valence-corrected chi connectivity index (χ2v) is 10.5. The van der Waals surface area contributed by atoms with Gasteiger partial charge < -0.3 is 14.5 Å². The van der Waals surface area contributed by atoms with Gasteiger partial charge in [0, 0.05) is 50.7 Å². The molecule has 0 atom stereocenters. The van der Waals surface area contributed by atoms with Crippen LogP contribution in [0.25, 0.3) is 11.1 Å². The van der Waals surface area contributed by atoms with Crippen molar-refractivity contribution in [3.63, 3.8) is 0 Å². The highest BCUT2D eigenvalue weighted by atomic mass is 32.2. The van der Waals surface area contributed by atoms with E-state index in [0.717, 1.165) is 11.8 Å². The fraction of sp³-hybridized carbons (Fsp3) is 0.269. The Labute approximate surface area is 203 Å². The summed E-state index contributed by atoms with van der Waals surface area (Å²) >= 11 is 0. The quantitative estimate of drug-likeness (QED) is 0.509. The molecule has 9 heteroatoms. The van der Waals surface area contributed by atoms with E-state index in [1.165, 1.54) is 30.3 Å². The molecule has 6 nitrogen and oxygen atoms in total. The summed E-state index contributed by atoms with van der Waals surface area (Å²) in [5, 5.41) is 0. The number of hydrogen-bond acceptors (Lipinski definition) is 5. The number of benzene rings is 3. The first-order chi connectivity index (χ1) is 16.7. The van der Waals surface area contributed by atoms with Gasteiger partial charge in [-0.05, 0) is 41.5 Å². The summed E-state index contributed by atoms with van der Waals surface area (Å²) in [7, 11) is -2.03. The number of anilines is 1. The highest BCUT2D eigenvalue weighted by Crippen LogP contribution is 2.30. The second kappa shape index (κ2) is 10.1. The lowest BCUT2D eigenvalue weighted by Crippen LogP contribution is -2.49. The Morgan fingerprint density at radius 1 is 0.914 bits per heavy atom. The van der Waals surface area contributed by atoms with Gasteiger partial charge in [-0.15, -0.1) is 0 Å². The van der Waals surface area contributed by atoms with E-state index in [9.17, 15) is 22.0 Å². The number of nitrogens with zero attached hydrogens (tertiary/aromatic N) is 2. The summed E-state index contributed by atoms with van der Waals surface area (Å²) in [6, 6.07) is 15.1. The second-order valence-electron chi connectivity index (χ2n) is 8.46. The molecule has 4 rings (SSSR count). The molecule has 0 saturated carbocycles. The largest absolute Gasteiger partial charge is 0.380 e. The number of amides is 1. The predicted molar refractivity (Wildman–Crippen MR) is 130 cm³/mol. The first kappa shape index (κ1) is 24.8. The van der Waals surface area contributed by atoms with Gasteiger partial charge in [0.15, 0.2) is 9.84 Å². The number of hydrogen-bond donors (Lipinski definition) is 0. The maximum Gasteiger partial charge on any atom is 0.254 e. The average Bonchev–Trinajstić information content (AvgIpc) is 2.83. The number of carbonyl (C=O) groups is 1. The lowest BCUT2D eigenvalue weighted by atomic mass is 9.98. The Kier molecular flexibility index (Phi) is 7.18. The Balaban J connectivity index is 1.60. The Morgan fingerprint density at radius 2 is 1.63 bits per heavy atom. The van der Waals surface area contributed by atoms with Crippen molar-refractivity contribution in [2.45, 2.75) is 11.5 Å². The molecule has 1 fully saturated rings. The van der Waals surface area contributed by atoms with E-state index in [-0.39, 0.29) is 21.8 Å². The molecular formula is C26H26F2N2O4S. The molecule has 35 heavy (non-hydrogen) atoms. The third kappa shape index (κ3) is 5.36. The Hall–Kier alpha value is -3.30. The molecule has 0 aliphatic carbocycles. The van der Waals surface area contributed by atoms with E-state index in [1.807, 2.05) is 4.90 Å². The molecule has 1 saturated heterocycles. The van der Waals surface area contributed by atoms with Crippen LogP contribution in [0.4, 0.5) is 14.5 Å². The lowest BCUT2D eigenvalue weighted by Gasteiger charge is -2.36. The molecule has 0 N–H and O–H groups in total. The molecule has 0 aromatic heterocycles. The molecule has 1 amide bonds. The molecule has 184 valence electrons. The Morgan fingerprint density at radius 3 is 2.26 bits per heavy atom. The molecule has 1 aliphatic rings. The van der Waals surface area contributed by atoms with Crippen molar-refractivity contribution < 1.29 is 26.7 Å². The SMILES string of the molecule is COCc1ccc(N2CCN(C(=O)c3cc(S(C)(=O)=O)ccc3-c3ccccc3F)CC2)c(F)c1. The van der Waals surface area contributed by atoms with Crippen molar-refractivity contribution in [3.8, 4) is 11.1 Å². The first-order valence-electron chi connectivity index (χ1n) is 11.1. The molecule has 0 radical (unpaired) electrons. The Bertz CT molecular complexity index is 1350. The van der Waals surface area contributed by atoms with E-state index in [2.05, 4.69) is 0 Å². The summed E-state index contributed by atoms with van der Waals surface area (Å²) in [5.74, 6) is -1.27. The smallest absolute Gasteiger partial charge is 0.254 e. The molecular weight excluding hydrogens is 474 g/mol. The summed E-state index contributed by atoms with van der Waals surface area (Å²) in [6.45, 7) is 1.71. The third-order valence-corrected chi connectivity index (χ3v) is 7.15. The van der Waals surface area contributed by atoms with Gasteiger partial charge in [0.2, 0.25) is 0 Å². The highest BCUT2D eigenvalue weighted by molar-refractivity contribution is 7.90. The molecule has 3 aromatic rings. The normalized spacial score (nSPS) is 14.3. The van der Waals surface area contributed by atoms with Gasteiger partial charge in [0.1, 0.15) is 11.6 Å². The van der Waals surface area contributed by atoms with Crippen LogP contribution in [0.15, 0.2) is 65.6 Å². The van der Waals surface area contributed by atoms with Gasteiger partial charge in [-0.3, -0.25) is 4.79 Å². The van der Waals surface area contributed by atoms with E-state index < -0.39 is 21.6 Å². The van der Waals surface area contributed by atoms with Crippen LogP contribution in [0.5, 0.6) is 0 Å². The number of piperazine rings is 1. The van der Waals surface area contributed by atoms with Gasteiger partial charge in [0.05, 0.1) is 17.2 Å². The van der Waals surface area contributed by atoms with Crippen LogP contribution in [0, 0.1) is 11.6 Å². The van der Waals surface area contributed by atoms with Crippen molar-refractivity contribution in [1.29, 1.82) is 0 Å². The van der Waals surface area contributed by atoms with Crippen LogP contribution in [0.1, 0.15) is 15.9 Å². The summed E-state index contributed by atoms with van der Waals surface area (Å²) in [4.78, 5) is 16.9. The monoisotopic (exact) mass is 500 g/mol. The maximum absolute atomic E-state index is 14.6. The number of halogens is 2. The molecule has 0 bridgehead atoms. The van der Waals surface area contributed by atoms with Crippen molar-refractivity contribution in [2.75, 3.05) is 44.4 Å². The lowest BCUT2D eigenvalue weighted by molar-refractivity contribution is 0.0747. The van der Waals surface area contributed by atoms with Crippen molar-refractivity contribution in [2.24, 2.45) is 0 Å². The zero-order valence-corrected chi connectivity index (χ0v) is 20.3. The fourth-order valence-electron chi connectivity index (χ4n) is 4.23. The molecule has 0 spiro atoms. The van der Waals surface area contributed by atoms with Crippen LogP contribution in [-0.2, 0) is 21.2 Å². The number of carbonyl (C=O) groups excluding carboxylic acids is 1. The number of rotatable bonds is 6. The summed E-state index contributed by atoms with van der Waals surface area (Å²) < 4.78 is 58.5. The zero-order chi connectivity index (χ0) is 25.2. The van der Waals surface area contributed by atoms with Crippen LogP contribution in [-0.4, -0.2) is 58.8 Å². The highest BCUT2D eigenvalue weighted by Gasteiger charge is 2.27. The van der Waals surface area contributed by atoms with Gasteiger partial charge >= 0.3 is 0 Å². The predicted octanol–water partition coefficient (Wildman–Crippen LogP) is 4.14. The summed E-state index contributed by atoms with van der Waals surface area (Å²) in [5.41, 5.74) is 1.83. The van der Waals surface area contributed by atoms with E-state index in [0.29, 0.717) is 44.0 Å². The molecule has 1 heterocycles. The molecule has 3 aromatic carbocycles. The van der Waals surface area contributed by atoms with Crippen LogP contribution < -0.4 is 4.90 Å². The summed E-state index contributed by atoms with van der Waals surface area (Å²) in [6.07, 6.45) is 1.06. The van der Waals surface area contributed by atoms with Crippen molar-refractivity contribution in [3.05, 3.63) is 83.4 Å². The number of sulfone groups is 1. The van der Waals surface area contributed by atoms with Crippen molar-refractivity contribution in [1.82, 2.24) is 4.90 Å². The topological polar surface area (TPSA) is 66.9 Å². The minimum Gasteiger partial charge on any atom is -0.380 e. The van der Waals surface area contributed by atoms with Crippen LogP contribution >= 0.6 is 0 Å². The van der Waals surface area contributed by atoms with Crippen molar-refractivity contribution >= 4 is 21.4 Å². The number of ether oxygens (including phenoxy) is 1. The minimum absolute atomic E-state index is 0.0159. The van der Waals surface area contributed by atoms with Gasteiger partial charge in [-0.2, -0.15) is 0 Å². The van der Waals surface area contributed by atoms with Crippen LogP contribution in [0.3, 0.4) is 0 Å². The number of methoxy groups -OCH3 is 1. The van der Waals surface area contributed by atoms with E-state index in [4.69, 9.17) is 4.74 Å². The first-order valence-corrected chi connectivity index (χ1v) is 13.0. The van der Waals surface area contributed by atoms with Gasteiger partial charge in [-0.1, -0.05) is 30.3 Å². The molecule has 1 aliphatic heterocycles. The zero-order valence-electron chi connectivity index (χ0n) is 19.5. The van der Waals surface area contributed by atoms with Crippen LogP contribution in [0.2, 0.25) is 0 Å². The third-order valence-electron chi connectivity index (χ3n) is 6.04. The van der Waals surface area contributed by atoms with Gasteiger partial charge in [-0.25, -0.2) is 17.2 Å². The average molecular weight is 501 g/mol. The molecule has 0 unspecified atom stereocenters. The van der Waals surface area contributed by atoms with Gasteiger partial charge in [0.25, 0.3) is 5.91 Å². The maximum atomic E-state index is 14.6. The van der Waals surface area contributed by atoms with E-state index in [1.54, 1.807) is 42.3 Å².